The summed E-state index contributed by atoms with van der Waals surface area (Å²) < 4.78 is 45.1. The minimum Gasteiger partial charge on any atom is -0.457 e. The highest BCUT2D eigenvalue weighted by Gasteiger charge is 2.45. The van der Waals surface area contributed by atoms with E-state index in [1.54, 1.807) is 0 Å². The first-order chi connectivity index (χ1) is 13.8. The lowest BCUT2D eigenvalue weighted by molar-refractivity contribution is -0.133. The van der Waals surface area contributed by atoms with Crippen molar-refractivity contribution in [3.05, 3.63) is 66.5 Å². The number of carbonyl (C=O) groups excluding carboxylic acids is 1. The van der Waals surface area contributed by atoms with Gasteiger partial charge in [0.1, 0.15) is 17.3 Å². The van der Waals surface area contributed by atoms with E-state index in [1.165, 1.54) is 79.3 Å². The summed E-state index contributed by atoms with van der Waals surface area (Å²) in [5, 5.41) is 8.81. The average molecular weight is 418 g/mol. The SMILES string of the molecule is CC(CC1(S(=O)(=O)c2ccc(Oc3ccc(F)cc3)cc2)C=CC=N1)C(=O)NO. The molecule has 29 heavy (non-hydrogen) atoms. The molecule has 0 saturated carbocycles. The van der Waals surface area contributed by atoms with Crippen LogP contribution in [0.2, 0.25) is 0 Å². The number of hydroxylamine groups is 1. The molecular weight excluding hydrogens is 399 g/mol. The van der Waals surface area contributed by atoms with E-state index in [9.17, 15) is 17.6 Å². The van der Waals surface area contributed by atoms with E-state index in [0.29, 0.717) is 11.5 Å². The molecule has 2 aromatic rings. The highest BCUT2D eigenvalue weighted by molar-refractivity contribution is 7.93. The zero-order valence-corrected chi connectivity index (χ0v) is 16.3. The summed E-state index contributed by atoms with van der Waals surface area (Å²) in [7, 11) is -3.98. The highest BCUT2D eigenvalue weighted by Crippen LogP contribution is 2.37. The normalized spacial score (nSPS) is 19.1. The molecule has 7 nitrogen and oxygen atoms in total. The fourth-order valence-electron chi connectivity index (χ4n) is 2.97. The van der Waals surface area contributed by atoms with E-state index in [1.807, 2.05) is 0 Å². The smallest absolute Gasteiger partial charge is 0.246 e. The summed E-state index contributed by atoms with van der Waals surface area (Å²) in [5.41, 5.74) is 1.53. The molecule has 3 rings (SSSR count). The van der Waals surface area contributed by atoms with E-state index in [-0.39, 0.29) is 11.3 Å². The number of hydrogen-bond donors (Lipinski definition) is 2. The van der Waals surface area contributed by atoms with Crippen molar-refractivity contribution in [2.75, 3.05) is 0 Å². The van der Waals surface area contributed by atoms with Gasteiger partial charge in [-0.05, 0) is 60.7 Å². The largest absolute Gasteiger partial charge is 0.457 e. The lowest BCUT2D eigenvalue weighted by Crippen LogP contribution is -2.39. The number of sulfone groups is 1. The molecule has 0 fully saturated rings. The molecule has 2 atom stereocenters. The first kappa shape index (κ1) is 20.7. The molecule has 0 aromatic heterocycles. The molecule has 2 unspecified atom stereocenters. The van der Waals surface area contributed by atoms with Crippen LogP contribution >= 0.6 is 0 Å². The van der Waals surface area contributed by atoms with Gasteiger partial charge in [-0.15, -0.1) is 0 Å². The number of amides is 1. The lowest BCUT2D eigenvalue weighted by Gasteiger charge is -2.26. The fourth-order valence-corrected chi connectivity index (χ4v) is 4.80. The van der Waals surface area contributed by atoms with Gasteiger partial charge in [-0.2, -0.15) is 0 Å². The molecule has 2 aromatic carbocycles. The Morgan fingerprint density at radius 2 is 1.76 bits per heavy atom. The van der Waals surface area contributed by atoms with Gasteiger partial charge >= 0.3 is 0 Å². The summed E-state index contributed by atoms with van der Waals surface area (Å²) in [6, 6.07) is 11.2. The maximum Gasteiger partial charge on any atom is 0.246 e. The molecule has 2 N–H and O–H groups in total. The molecule has 152 valence electrons. The first-order valence-electron chi connectivity index (χ1n) is 8.72. The zero-order valence-electron chi connectivity index (χ0n) is 15.4. The Morgan fingerprint density at radius 1 is 1.17 bits per heavy atom. The third kappa shape index (κ3) is 4.20. The van der Waals surface area contributed by atoms with Gasteiger partial charge in [-0.3, -0.25) is 15.0 Å². The zero-order chi connectivity index (χ0) is 21.1. The molecule has 0 saturated heterocycles. The average Bonchev–Trinajstić information content (AvgIpc) is 3.19. The van der Waals surface area contributed by atoms with Crippen LogP contribution < -0.4 is 10.2 Å². The number of hydrogen-bond acceptors (Lipinski definition) is 6. The van der Waals surface area contributed by atoms with Gasteiger partial charge in [0.05, 0.1) is 4.90 Å². The number of nitrogens with zero attached hydrogens (tertiary/aromatic N) is 1. The van der Waals surface area contributed by atoms with Gasteiger partial charge in [-0.1, -0.05) is 6.92 Å². The molecule has 0 spiro atoms. The van der Waals surface area contributed by atoms with Gasteiger partial charge in [0.25, 0.3) is 0 Å². The minimum atomic E-state index is -3.98. The quantitative estimate of drug-likeness (QED) is 0.530. The van der Waals surface area contributed by atoms with Crippen molar-refractivity contribution in [3.8, 4) is 11.5 Å². The van der Waals surface area contributed by atoms with Crippen molar-refractivity contribution in [1.82, 2.24) is 5.48 Å². The second-order valence-corrected chi connectivity index (χ2v) is 8.78. The van der Waals surface area contributed by atoms with Crippen LogP contribution in [0, 0.1) is 11.7 Å². The van der Waals surface area contributed by atoms with Gasteiger partial charge in [0, 0.05) is 18.6 Å². The van der Waals surface area contributed by atoms with Crippen molar-refractivity contribution in [1.29, 1.82) is 0 Å². The van der Waals surface area contributed by atoms with Crippen LogP contribution in [0.1, 0.15) is 13.3 Å². The van der Waals surface area contributed by atoms with Crippen LogP contribution in [-0.4, -0.2) is 30.6 Å². The van der Waals surface area contributed by atoms with Crippen molar-refractivity contribution < 1.29 is 27.5 Å². The summed E-state index contributed by atoms with van der Waals surface area (Å²) >= 11 is 0. The number of ether oxygens (including phenoxy) is 1. The predicted molar refractivity (Wildman–Crippen MR) is 104 cm³/mol. The van der Waals surface area contributed by atoms with E-state index >= 15 is 0 Å². The topological polar surface area (TPSA) is 105 Å². The number of allylic oxidation sites excluding steroid dienone is 1. The van der Waals surface area contributed by atoms with Crippen molar-refractivity contribution >= 4 is 22.0 Å². The van der Waals surface area contributed by atoms with Gasteiger partial charge in [-0.25, -0.2) is 18.3 Å². The number of halogens is 1. The van der Waals surface area contributed by atoms with Crippen LogP contribution in [0.15, 0.2) is 70.6 Å². The van der Waals surface area contributed by atoms with Gasteiger partial charge < -0.3 is 4.74 Å². The van der Waals surface area contributed by atoms with E-state index in [4.69, 9.17) is 9.94 Å². The van der Waals surface area contributed by atoms with Crippen LogP contribution in [-0.2, 0) is 14.6 Å². The Morgan fingerprint density at radius 3 is 2.28 bits per heavy atom. The second kappa shape index (κ2) is 8.14. The van der Waals surface area contributed by atoms with E-state index in [2.05, 4.69) is 4.99 Å². The molecular formula is C20H19FN2O5S. The van der Waals surface area contributed by atoms with Crippen molar-refractivity contribution in [2.24, 2.45) is 10.9 Å². The summed E-state index contributed by atoms with van der Waals surface area (Å²) in [6.07, 6.45) is 4.16. The van der Waals surface area contributed by atoms with Crippen molar-refractivity contribution in [2.45, 2.75) is 23.1 Å². The maximum atomic E-state index is 13.3. The molecule has 0 radical (unpaired) electrons. The Bertz CT molecular complexity index is 1040. The highest BCUT2D eigenvalue weighted by atomic mass is 32.2. The van der Waals surface area contributed by atoms with Crippen LogP contribution in [0.4, 0.5) is 4.39 Å². The number of nitrogens with one attached hydrogen (secondary N) is 1. The molecule has 9 heteroatoms. The Balaban J connectivity index is 1.85. The standard InChI is InChI=1S/C20H19FN2O5S/c1-14(19(24)23-25)13-20(11-2-12-22-20)29(26,27)18-9-7-17(8-10-18)28-16-5-3-15(21)4-6-16/h2-12,14,25H,13H2,1H3,(H,23,24). The van der Waals surface area contributed by atoms with E-state index < -0.39 is 32.4 Å². The monoisotopic (exact) mass is 418 g/mol. The van der Waals surface area contributed by atoms with Gasteiger partial charge in [0.2, 0.25) is 15.7 Å². The molecule has 1 aliphatic rings. The third-order valence-electron chi connectivity index (χ3n) is 4.54. The summed E-state index contributed by atoms with van der Waals surface area (Å²) in [6.45, 7) is 1.50. The molecule has 1 heterocycles. The predicted octanol–water partition coefficient (Wildman–Crippen LogP) is 3.26. The van der Waals surface area contributed by atoms with Crippen LogP contribution in [0.5, 0.6) is 11.5 Å². The van der Waals surface area contributed by atoms with Gasteiger partial charge in [0.15, 0.2) is 4.87 Å². The maximum absolute atomic E-state index is 13.3. The fraction of sp³-hybridized carbons (Fsp3) is 0.200. The Kier molecular flexibility index (Phi) is 5.81. The van der Waals surface area contributed by atoms with Crippen molar-refractivity contribution in [3.63, 3.8) is 0 Å². The Hall–Kier alpha value is -3.04. The molecule has 0 aliphatic carbocycles. The lowest BCUT2D eigenvalue weighted by atomic mass is 10.0. The minimum absolute atomic E-state index is 0.00395. The van der Waals surface area contributed by atoms with Crippen LogP contribution in [0.3, 0.4) is 0 Å². The Labute approximate surface area is 167 Å². The molecule has 1 amide bonds. The van der Waals surface area contributed by atoms with Crippen LogP contribution in [0.25, 0.3) is 0 Å². The molecule has 0 bridgehead atoms. The first-order valence-corrected chi connectivity index (χ1v) is 10.2. The number of aliphatic imine (C=N–C) groups is 1. The number of benzene rings is 2. The summed E-state index contributed by atoms with van der Waals surface area (Å²) in [4.78, 5) is 14.2. The number of rotatable bonds is 7. The second-order valence-electron chi connectivity index (χ2n) is 6.59. The third-order valence-corrected chi connectivity index (χ3v) is 6.77. The van der Waals surface area contributed by atoms with E-state index in [0.717, 1.165) is 0 Å². The number of carbonyl (C=O) groups is 1. The molecule has 1 aliphatic heterocycles. The summed E-state index contributed by atoms with van der Waals surface area (Å²) in [5.74, 6) is -1.10.